The predicted octanol–water partition coefficient (Wildman–Crippen LogP) is 2.43. The highest BCUT2D eigenvalue weighted by molar-refractivity contribution is 5.97. The van der Waals surface area contributed by atoms with Crippen molar-refractivity contribution in [3.8, 4) is 0 Å². The van der Waals surface area contributed by atoms with Crippen LogP contribution in [0.1, 0.15) is 5.56 Å². The molecule has 0 aliphatic carbocycles. The fourth-order valence-corrected chi connectivity index (χ4v) is 2.25. The molecule has 1 aromatic carbocycles. The number of hydrogen-bond acceptors (Lipinski definition) is 4. The van der Waals surface area contributed by atoms with Gasteiger partial charge < -0.3 is 11.1 Å². The maximum absolute atomic E-state index is 5.94. The zero-order valence-corrected chi connectivity index (χ0v) is 11.4. The second kappa shape index (κ2) is 5.21. The standard InChI is InChI=1S/C15H17N5/c1-11-9-19-20(10-11)8-7-17-14-5-6-18-15-12(14)3-2-4-13(15)16/h2-6,9-10H,7-8,16H2,1H3,(H,17,18). The molecule has 0 amide bonds. The molecule has 0 aliphatic heterocycles. The zero-order chi connectivity index (χ0) is 13.9. The Morgan fingerprint density at radius 1 is 1.30 bits per heavy atom. The predicted molar refractivity (Wildman–Crippen MR) is 81.6 cm³/mol. The molecular formula is C15H17N5. The smallest absolute Gasteiger partial charge is 0.0951 e. The summed E-state index contributed by atoms with van der Waals surface area (Å²) in [7, 11) is 0. The normalized spacial score (nSPS) is 10.8. The van der Waals surface area contributed by atoms with Crippen molar-refractivity contribution in [2.75, 3.05) is 17.6 Å². The molecule has 3 aromatic rings. The molecule has 0 radical (unpaired) electrons. The number of hydrogen-bond donors (Lipinski definition) is 2. The van der Waals surface area contributed by atoms with Gasteiger partial charge in [0.15, 0.2) is 0 Å². The van der Waals surface area contributed by atoms with E-state index in [1.807, 2.05) is 48.3 Å². The lowest BCUT2D eigenvalue weighted by Gasteiger charge is -2.10. The molecule has 0 bridgehead atoms. The first kappa shape index (κ1) is 12.5. The summed E-state index contributed by atoms with van der Waals surface area (Å²) >= 11 is 0. The van der Waals surface area contributed by atoms with Crippen molar-refractivity contribution >= 4 is 22.3 Å². The molecule has 0 atom stereocenters. The second-order valence-corrected chi connectivity index (χ2v) is 4.81. The van der Waals surface area contributed by atoms with Gasteiger partial charge >= 0.3 is 0 Å². The number of aryl methyl sites for hydroxylation is 1. The SMILES string of the molecule is Cc1cnn(CCNc2ccnc3c(N)cccc23)c1. The van der Waals surface area contributed by atoms with Crippen LogP contribution < -0.4 is 11.1 Å². The third-order valence-electron chi connectivity index (χ3n) is 3.22. The maximum Gasteiger partial charge on any atom is 0.0951 e. The summed E-state index contributed by atoms with van der Waals surface area (Å²) in [5.41, 5.74) is 9.71. The van der Waals surface area contributed by atoms with E-state index in [-0.39, 0.29) is 0 Å². The first-order valence-corrected chi connectivity index (χ1v) is 6.60. The monoisotopic (exact) mass is 267 g/mol. The van der Waals surface area contributed by atoms with Gasteiger partial charge in [-0.05, 0) is 24.6 Å². The average Bonchev–Trinajstić information content (AvgIpc) is 2.86. The molecule has 2 aromatic heterocycles. The maximum atomic E-state index is 5.94. The zero-order valence-electron chi connectivity index (χ0n) is 11.4. The van der Waals surface area contributed by atoms with E-state index in [2.05, 4.69) is 15.4 Å². The van der Waals surface area contributed by atoms with E-state index in [0.717, 1.165) is 29.7 Å². The number of anilines is 2. The minimum Gasteiger partial charge on any atom is -0.397 e. The van der Waals surface area contributed by atoms with Crippen molar-refractivity contribution in [3.63, 3.8) is 0 Å². The van der Waals surface area contributed by atoms with Crippen molar-refractivity contribution < 1.29 is 0 Å². The molecule has 102 valence electrons. The van der Waals surface area contributed by atoms with E-state index in [9.17, 15) is 0 Å². The van der Waals surface area contributed by atoms with Crippen LogP contribution in [0.15, 0.2) is 42.9 Å². The number of benzene rings is 1. The molecule has 0 spiro atoms. The van der Waals surface area contributed by atoms with Gasteiger partial charge in [-0.25, -0.2) is 0 Å². The quantitative estimate of drug-likeness (QED) is 0.712. The Morgan fingerprint density at radius 2 is 2.20 bits per heavy atom. The lowest BCUT2D eigenvalue weighted by molar-refractivity contribution is 0.638. The molecular weight excluding hydrogens is 250 g/mol. The minimum absolute atomic E-state index is 0.703. The topological polar surface area (TPSA) is 68.8 Å². The van der Waals surface area contributed by atoms with Gasteiger partial charge in [0.25, 0.3) is 0 Å². The van der Waals surface area contributed by atoms with Gasteiger partial charge in [-0.15, -0.1) is 0 Å². The van der Waals surface area contributed by atoms with Crippen LogP contribution in [0.2, 0.25) is 0 Å². The number of nitrogens with zero attached hydrogens (tertiary/aromatic N) is 3. The van der Waals surface area contributed by atoms with Crippen LogP contribution in [-0.4, -0.2) is 21.3 Å². The number of nitrogens with two attached hydrogens (primary N) is 1. The highest BCUT2D eigenvalue weighted by atomic mass is 15.3. The number of aromatic nitrogens is 3. The summed E-state index contributed by atoms with van der Waals surface area (Å²) in [4.78, 5) is 4.33. The molecule has 0 fully saturated rings. The highest BCUT2D eigenvalue weighted by Gasteiger charge is 2.03. The summed E-state index contributed by atoms with van der Waals surface area (Å²) < 4.78 is 1.93. The Balaban J connectivity index is 1.76. The summed E-state index contributed by atoms with van der Waals surface area (Å²) in [6.07, 6.45) is 5.67. The summed E-state index contributed by atoms with van der Waals surface area (Å²) in [5, 5.41) is 8.73. The van der Waals surface area contributed by atoms with E-state index >= 15 is 0 Å². The van der Waals surface area contributed by atoms with Crippen LogP contribution >= 0.6 is 0 Å². The second-order valence-electron chi connectivity index (χ2n) is 4.81. The van der Waals surface area contributed by atoms with Crippen LogP contribution in [0.25, 0.3) is 10.9 Å². The molecule has 0 saturated carbocycles. The van der Waals surface area contributed by atoms with Gasteiger partial charge in [0.2, 0.25) is 0 Å². The van der Waals surface area contributed by atoms with E-state index in [0.29, 0.717) is 5.69 Å². The summed E-state index contributed by atoms with van der Waals surface area (Å²) in [6, 6.07) is 7.81. The van der Waals surface area contributed by atoms with Crippen LogP contribution in [0, 0.1) is 6.92 Å². The number of pyridine rings is 1. The van der Waals surface area contributed by atoms with Gasteiger partial charge in [0, 0.05) is 30.0 Å². The van der Waals surface area contributed by atoms with Crippen molar-refractivity contribution in [3.05, 3.63) is 48.4 Å². The Morgan fingerprint density at radius 3 is 3.00 bits per heavy atom. The molecule has 0 aliphatic rings. The van der Waals surface area contributed by atoms with Gasteiger partial charge in [-0.3, -0.25) is 9.67 Å². The third-order valence-corrected chi connectivity index (χ3v) is 3.22. The van der Waals surface area contributed by atoms with Crippen LogP contribution in [0.4, 0.5) is 11.4 Å². The number of rotatable bonds is 4. The van der Waals surface area contributed by atoms with Crippen LogP contribution in [-0.2, 0) is 6.54 Å². The van der Waals surface area contributed by atoms with Crippen molar-refractivity contribution in [1.29, 1.82) is 0 Å². The first-order valence-electron chi connectivity index (χ1n) is 6.60. The number of para-hydroxylation sites is 1. The van der Waals surface area contributed by atoms with E-state index < -0.39 is 0 Å². The molecule has 3 rings (SSSR count). The molecule has 2 heterocycles. The largest absolute Gasteiger partial charge is 0.397 e. The van der Waals surface area contributed by atoms with Gasteiger partial charge in [-0.1, -0.05) is 12.1 Å². The molecule has 5 nitrogen and oxygen atoms in total. The highest BCUT2D eigenvalue weighted by Crippen LogP contribution is 2.25. The van der Waals surface area contributed by atoms with Gasteiger partial charge in [-0.2, -0.15) is 5.10 Å². The Hall–Kier alpha value is -2.56. The third kappa shape index (κ3) is 2.42. The van der Waals surface area contributed by atoms with Crippen LogP contribution in [0.3, 0.4) is 0 Å². The van der Waals surface area contributed by atoms with E-state index in [4.69, 9.17) is 5.73 Å². The Bertz CT molecular complexity index is 732. The van der Waals surface area contributed by atoms with Gasteiger partial charge in [0.1, 0.15) is 0 Å². The number of fused-ring (bicyclic) bond motifs is 1. The summed E-state index contributed by atoms with van der Waals surface area (Å²) in [6.45, 7) is 3.66. The Labute approximate surface area is 117 Å². The molecule has 0 unspecified atom stereocenters. The van der Waals surface area contributed by atoms with Crippen LogP contribution in [0.5, 0.6) is 0 Å². The Kier molecular flexibility index (Phi) is 3.25. The van der Waals surface area contributed by atoms with E-state index in [1.54, 1.807) is 6.20 Å². The van der Waals surface area contributed by atoms with E-state index in [1.165, 1.54) is 5.56 Å². The van der Waals surface area contributed by atoms with Crippen molar-refractivity contribution in [1.82, 2.24) is 14.8 Å². The first-order chi connectivity index (χ1) is 9.74. The molecule has 0 saturated heterocycles. The molecule has 5 heteroatoms. The fraction of sp³-hybridized carbons (Fsp3) is 0.200. The molecule has 3 N–H and O–H groups in total. The summed E-state index contributed by atoms with van der Waals surface area (Å²) in [5.74, 6) is 0. The average molecular weight is 267 g/mol. The lowest BCUT2D eigenvalue weighted by Crippen LogP contribution is -2.11. The number of nitrogen functional groups attached to an aromatic ring is 1. The van der Waals surface area contributed by atoms with Gasteiger partial charge in [0.05, 0.1) is 23.9 Å². The minimum atomic E-state index is 0.703. The number of nitrogens with one attached hydrogen (secondary N) is 1. The van der Waals surface area contributed by atoms with Crippen molar-refractivity contribution in [2.24, 2.45) is 0 Å². The van der Waals surface area contributed by atoms with Crippen molar-refractivity contribution in [2.45, 2.75) is 13.5 Å². The molecule has 20 heavy (non-hydrogen) atoms. The lowest BCUT2D eigenvalue weighted by atomic mass is 10.1. The fourth-order valence-electron chi connectivity index (χ4n) is 2.25.